The number of aryl methyl sites for hydroxylation is 1. The lowest BCUT2D eigenvalue weighted by Gasteiger charge is -2.34. The monoisotopic (exact) mass is 352 g/mol. The Bertz CT molecular complexity index is 888. The second kappa shape index (κ2) is 6.89. The molecular weight excluding hydrogens is 332 g/mol. The van der Waals surface area contributed by atoms with Crippen molar-refractivity contribution in [3.63, 3.8) is 0 Å². The lowest BCUT2D eigenvalue weighted by atomic mass is 10.0. The zero-order valence-corrected chi connectivity index (χ0v) is 15.0. The highest BCUT2D eigenvalue weighted by atomic mass is 35.5. The fraction of sp³-hybridized carbons (Fsp3) is 0.300. The summed E-state index contributed by atoms with van der Waals surface area (Å²) < 4.78 is 0. The third-order valence-corrected chi connectivity index (χ3v) is 5.00. The molecule has 0 atom stereocenters. The largest absolute Gasteiger partial charge is 0.382 e. The highest BCUT2D eigenvalue weighted by Crippen LogP contribution is 2.28. The molecule has 2 heterocycles. The number of rotatable bonds is 3. The van der Waals surface area contributed by atoms with Crippen LogP contribution in [0.25, 0.3) is 10.9 Å². The highest BCUT2D eigenvalue weighted by Gasteiger charge is 2.21. The van der Waals surface area contributed by atoms with Crippen molar-refractivity contribution in [1.29, 1.82) is 0 Å². The average Bonchev–Trinajstić information content (AvgIpc) is 2.62. The van der Waals surface area contributed by atoms with E-state index in [0.717, 1.165) is 42.7 Å². The van der Waals surface area contributed by atoms with Crippen LogP contribution in [0, 0.1) is 6.92 Å². The van der Waals surface area contributed by atoms with Gasteiger partial charge in [0.15, 0.2) is 0 Å². The van der Waals surface area contributed by atoms with Crippen LogP contribution < -0.4 is 10.2 Å². The summed E-state index contributed by atoms with van der Waals surface area (Å²) in [5.74, 6) is 1.01. The van der Waals surface area contributed by atoms with E-state index in [0.29, 0.717) is 11.1 Å². The number of fused-ring (bicyclic) bond motifs is 1. The molecule has 128 valence electrons. The fourth-order valence-corrected chi connectivity index (χ4v) is 3.64. The Kier molecular flexibility index (Phi) is 4.45. The van der Waals surface area contributed by atoms with Crippen molar-refractivity contribution in [3.05, 3.63) is 59.4 Å². The third kappa shape index (κ3) is 3.54. The van der Waals surface area contributed by atoms with Crippen LogP contribution >= 0.6 is 11.6 Å². The molecule has 1 N–H and O–H groups in total. The van der Waals surface area contributed by atoms with Crippen molar-refractivity contribution in [2.75, 3.05) is 23.3 Å². The number of hydrogen-bond donors (Lipinski definition) is 1. The molecule has 4 nitrogen and oxygen atoms in total. The minimum Gasteiger partial charge on any atom is -0.382 e. The smallest absolute Gasteiger partial charge is 0.139 e. The maximum absolute atomic E-state index is 6.08. The lowest BCUT2D eigenvalue weighted by Crippen LogP contribution is -2.39. The van der Waals surface area contributed by atoms with Gasteiger partial charge in [-0.15, -0.1) is 0 Å². The van der Waals surface area contributed by atoms with Gasteiger partial charge >= 0.3 is 0 Å². The van der Waals surface area contributed by atoms with Crippen molar-refractivity contribution < 1.29 is 0 Å². The van der Waals surface area contributed by atoms with Gasteiger partial charge in [-0.1, -0.05) is 23.7 Å². The summed E-state index contributed by atoms with van der Waals surface area (Å²) in [6.07, 6.45) is 3.81. The maximum atomic E-state index is 6.08. The van der Waals surface area contributed by atoms with E-state index in [-0.39, 0.29) is 0 Å². The summed E-state index contributed by atoms with van der Waals surface area (Å²) in [6, 6.07) is 14.9. The number of anilines is 2. The molecule has 1 saturated heterocycles. The van der Waals surface area contributed by atoms with Crippen LogP contribution in [0.1, 0.15) is 18.4 Å². The van der Waals surface area contributed by atoms with E-state index in [1.54, 1.807) is 6.33 Å². The summed E-state index contributed by atoms with van der Waals surface area (Å²) in [6.45, 7) is 4.09. The molecule has 0 radical (unpaired) electrons. The van der Waals surface area contributed by atoms with Gasteiger partial charge in [-0.3, -0.25) is 0 Å². The first-order valence-electron chi connectivity index (χ1n) is 8.67. The van der Waals surface area contributed by atoms with Gasteiger partial charge in [0.05, 0.1) is 5.52 Å². The quantitative estimate of drug-likeness (QED) is 0.743. The Morgan fingerprint density at radius 3 is 2.72 bits per heavy atom. The molecule has 25 heavy (non-hydrogen) atoms. The van der Waals surface area contributed by atoms with Crippen LogP contribution in [0.3, 0.4) is 0 Å². The number of hydrogen-bond acceptors (Lipinski definition) is 4. The molecule has 2 aromatic carbocycles. The SMILES string of the molecule is Cc1cccc(NC2CCN(c3ncnc4cc(Cl)ccc34)CC2)c1. The Balaban J connectivity index is 1.47. The van der Waals surface area contributed by atoms with E-state index in [2.05, 4.69) is 51.4 Å². The Morgan fingerprint density at radius 1 is 1.08 bits per heavy atom. The van der Waals surface area contributed by atoms with E-state index < -0.39 is 0 Å². The Morgan fingerprint density at radius 2 is 1.92 bits per heavy atom. The molecule has 0 spiro atoms. The molecule has 0 aliphatic carbocycles. The molecule has 0 saturated carbocycles. The van der Waals surface area contributed by atoms with Crippen molar-refractivity contribution in [1.82, 2.24) is 9.97 Å². The second-order valence-corrected chi connectivity index (χ2v) is 7.07. The zero-order chi connectivity index (χ0) is 17.2. The molecule has 0 amide bonds. The summed E-state index contributed by atoms with van der Waals surface area (Å²) in [7, 11) is 0. The van der Waals surface area contributed by atoms with Crippen molar-refractivity contribution in [2.45, 2.75) is 25.8 Å². The minimum absolute atomic E-state index is 0.501. The summed E-state index contributed by atoms with van der Waals surface area (Å²) >= 11 is 6.08. The second-order valence-electron chi connectivity index (χ2n) is 6.63. The van der Waals surface area contributed by atoms with E-state index in [1.165, 1.54) is 11.3 Å². The van der Waals surface area contributed by atoms with E-state index in [1.807, 2.05) is 18.2 Å². The number of aromatic nitrogens is 2. The molecule has 1 aliphatic rings. The van der Waals surface area contributed by atoms with Gasteiger partial charge in [0.2, 0.25) is 0 Å². The molecule has 0 unspecified atom stereocenters. The van der Waals surface area contributed by atoms with Crippen molar-refractivity contribution in [3.8, 4) is 0 Å². The van der Waals surface area contributed by atoms with Gasteiger partial charge in [-0.05, 0) is 55.7 Å². The molecule has 1 fully saturated rings. The first-order valence-corrected chi connectivity index (χ1v) is 9.05. The zero-order valence-electron chi connectivity index (χ0n) is 14.2. The topological polar surface area (TPSA) is 41.0 Å². The first-order chi connectivity index (χ1) is 12.2. The molecule has 0 bridgehead atoms. The maximum Gasteiger partial charge on any atom is 0.139 e. The fourth-order valence-electron chi connectivity index (χ4n) is 3.47. The summed E-state index contributed by atoms with van der Waals surface area (Å²) in [5.41, 5.74) is 3.40. The predicted octanol–water partition coefficient (Wildman–Crippen LogP) is 4.67. The number of benzene rings is 2. The van der Waals surface area contributed by atoms with Crippen LogP contribution in [0.2, 0.25) is 5.02 Å². The Labute approximate surface area is 152 Å². The van der Waals surface area contributed by atoms with E-state index in [9.17, 15) is 0 Å². The third-order valence-electron chi connectivity index (χ3n) is 4.76. The van der Waals surface area contributed by atoms with Crippen LogP contribution in [0.4, 0.5) is 11.5 Å². The Hall–Kier alpha value is -2.33. The molecule has 3 aromatic rings. The van der Waals surface area contributed by atoms with Gasteiger partial charge in [-0.25, -0.2) is 9.97 Å². The van der Waals surface area contributed by atoms with E-state index >= 15 is 0 Å². The van der Waals surface area contributed by atoms with Gasteiger partial charge in [0.1, 0.15) is 12.1 Å². The molecule has 1 aliphatic heterocycles. The normalized spacial score (nSPS) is 15.5. The van der Waals surface area contributed by atoms with E-state index in [4.69, 9.17) is 11.6 Å². The van der Waals surface area contributed by atoms with Gasteiger partial charge < -0.3 is 10.2 Å². The van der Waals surface area contributed by atoms with Gasteiger partial charge in [-0.2, -0.15) is 0 Å². The molecule has 4 rings (SSSR count). The average molecular weight is 353 g/mol. The number of halogens is 1. The molecular formula is C20H21ClN4. The first kappa shape index (κ1) is 16.2. The lowest BCUT2D eigenvalue weighted by molar-refractivity contribution is 0.524. The number of nitrogens with one attached hydrogen (secondary N) is 1. The summed E-state index contributed by atoms with van der Waals surface area (Å²) in [5, 5.41) is 5.43. The molecule has 5 heteroatoms. The van der Waals surface area contributed by atoms with Crippen LogP contribution in [0.5, 0.6) is 0 Å². The minimum atomic E-state index is 0.501. The molecule has 1 aromatic heterocycles. The predicted molar refractivity (Wildman–Crippen MR) is 105 cm³/mol. The standard InChI is InChI=1S/C20H21ClN4/c1-14-3-2-4-17(11-14)24-16-7-9-25(10-8-16)20-18-6-5-15(21)12-19(18)22-13-23-20/h2-6,11-13,16,24H,7-10H2,1H3. The van der Waals surface area contributed by atoms with Crippen molar-refractivity contribution in [2.24, 2.45) is 0 Å². The van der Waals surface area contributed by atoms with Gasteiger partial charge in [0.25, 0.3) is 0 Å². The van der Waals surface area contributed by atoms with Crippen LogP contribution in [-0.2, 0) is 0 Å². The number of nitrogens with zero attached hydrogens (tertiary/aromatic N) is 3. The highest BCUT2D eigenvalue weighted by molar-refractivity contribution is 6.31. The number of piperidine rings is 1. The van der Waals surface area contributed by atoms with Gasteiger partial charge in [0, 0.05) is 35.2 Å². The van der Waals surface area contributed by atoms with Crippen LogP contribution in [0.15, 0.2) is 48.8 Å². The summed E-state index contributed by atoms with van der Waals surface area (Å²) in [4.78, 5) is 11.2. The van der Waals surface area contributed by atoms with Crippen molar-refractivity contribution >= 4 is 34.0 Å². The van der Waals surface area contributed by atoms with Crippen LogP contribution in [-0.4, -0.2) is 29.1 Å².